The second-order valence-corrected chi connectivity index (χ2v) is 6.51. The van der Waals surface area contributed by atoms with Crippen LogP contribution in [0.4, 0.5) is 5.69 Å². The van der Waals surface area contributed by atoms with Crippen LogP contribution in [0, 0.1) is 10.1 Å². The zero-order valence-corrected chi connectivity index (χ0v) is 15.9. The van der Waals surface area contributed by atoms with Gasteiger partial charge in [0.1, 0.15) is 5.69 Å². The fourth-order valence-electron chi connectivity index (χ4n) is 2.74. The number of hydrogen-bond donors (Lipinski definition) is 1. The molecule has 3 aromatic rings. The van der Waals surface area contributed by atoms with E-state index in [4.69, 9.17) is 0 Å². The molecule has 9 heteroatoms. The molecular weight excluding hydrogens is 374 g/mol. The number of carbonyl (C=O) groups is 2. The molecule has 148 valence electrons. The number of nitrogens with zero attached hydrogens (tertiary/aromatic N) is 4. The SMILES string of the molecule is CN(C)C(=O)c1ccc(CNC(=O)c2ccc(-n3ccnc3)c([N+](=O)[O-])c2)cc1. The fourth-order valence-corrected chi connectivity index (χ4v) is 2.74. The monoisotopic (exact) mass is 393 g/mol. The summed E-state index contributed by atoms with van der Waals surface area (Å²) < 4.78 is 1.51. The normalized spacial score (nSPS) is 10.4. The van der Waals surface area contributed by atoms with Crippen molar-refractivity contribution in [3.05, 3.63) is 88.0 Å². The zero-order chi connectivity index (χ0) is 21.0. The van der Waals surface area contributed by atoms with Crippen molar-refractivity contribution in [2.75, 3.05) is 14.1 Å². The number of rotatable bonds is 6. The second kappa shape index (κ2) is 8.34. The van der Waals surface area contributed by atoms with Crippen LogP contribution < -0.4 is 5.32 Å². The van der Waals surface area contributed by atoms with Gasteiger partial charge in [0.05, 0.1) is 11.3 Å². The molecule has 0 radical (unpaired) electrons. The first-order valence-electron chi connectivity index (χ1n) is 8.72. The summed E-state index contributed by atoms with van der Waals surface area (Å²) in [5.74, 6) is -0.537. The maximum atomic E-state index is 12.4. The Morgan fingerprint density at radius 3 is 2.41 bits per heavy atom. The summed E-state index contributed by atoms with van der Waals surface area (Å²) in [5, 5.41) is 14.1. The van der Waals surface area contributed by atoms with Crippen molar-refractivity contribution in [1.82, 2.24) is 19.8 Å². The third kappa shape index (κ3) is 4.46. The van der Waals surface area contributed by atoms with Gasteiger partial charge < -0.3 is 14.8 Å². The van der Waals surface area contributed by atoms with Gasteiger partial charge >= 0.3 is 0 Å². The highest BCUT2D eigenvalue weighted by molar-refractivity contribution is 5.95. The highest BCUT2D eigenvalue weighted by atomic mass is 16.6. The van der Waals surface area contributed by atoms with E-state index in [1.165, 1.54) is 40.2 Å². The first kappa shape index (κ1) is 19.7. The van der Waals surface area contributed by atoms with Crippen LogP contribution >= 0.6 is 0 Å². The van der Waals surface area contributed by atoms with Crippen molar-refractivity contribution in [3.8, 4) is 5.69 Å². The van der Waals surface area contributed by atoms with Gasteiger partial charge in [-0.15, -0.1) is 0 Å². The molecule has 0 aliphatic carbocycles. The number of nitro benzene ring substituents is 1. The molecule has 0 aliphatic rings. The number of benzene rings is 2. The van der Waals surface area contributed by atoms with E-state index in [1.54, 1.807) is 44.6 Å². The molecule has 0 atom stereocenters. The number of amides is 2. The third-order valence-corrected chi connectivity index (χ3v) is 4.28. The van der Waals surface area contributed by atoms with Gasteiger partial charge in [-0.25, -0.2) is 4.98 Å². The summed E-state index contributed by atoms with van der Waals surface area (Å²) in [6, 6.07) is 11.2. The maximum Gasteiger partial charge on any atom is 0.294 e. The molecule has 0 bridgehead atoms. The van der Waals surface area contributed by atoms with Crippen molar-refractivity contribution >= 4 is 17.5 Å². The zero-order valence-electron chi connectivity index (χ0n) is 15.9. The number of nitrogens with one attached hydrogen (secondary N) is 1. The van der Waals surface area contributed by atoms with Gasteiger partial charge in [-0.3, -0.25) is 19.7 Å². The van der Waals surface area contributed by atoms with Gasteiger partial charge in [0.25, 0.3) is 17.5 Å². The van der Waals surface area contributed by atoms with E-state index in [1.807, 2.05) is 0 Å². The molecule has 0 saturated carbocycles. The van der Waals surface area contributed by atoms with Crippen LogP contribution in [0.3, 0.4) is 0 Å². The Labute approximate surface area is 166 Å². The van der Waals surface area contributed by atoms with Crippen molar-refractivity contribution in [3.63, 3.8) is 0 Å². The standard InChI is InChI=1S/C20H19N5O4/c1-23(2)20(27)15-5-3-14(4-6-15)12-22-19(26)16-7-8-17(18(11-16)25(28)29)24-10-9-21-13-24/h3-11,13H,12H2,1-2H3,(H,22,26). The number of hydrogen-bond acceptors (Lipinski definition) is 5. The summed E-state index contributed by atoms with van der Waals surface area (Å²) in [6.45, 7) is 0.229. The molecule has 29 heavy (non-hydrogen) atoms. The minimum atomic E-state index is -0.535. The molecule has 0 saturated heterocycles. The van der Waals surface area contributed by atoms with E-state index >= 15 is 0 Å². The highest BCUT2D eigenvalue weighted by Gasteiger charge is 2.18. The van der Waals surface area contributed by atoms with Crippen molar-refractivity contribution in [2.24, 2.45) is 0 Å². The van der Waals surface area contributed by atoms with E-state index in [-0.39, 0.29) is 23.7 Å². The smallest absolute Gasteiger partial charge is 0.294 e. The number of aromatic nitrogens is 2. The molecule has 0 unspecified atom stereocenters. The molecule has 3 rings (SSSR count). The maximum absolute atomic E-state index is 12.4. The lowest BCUT2D eigenvalue weighted by atomic mass is 10.1. The highest BCUT2D eigenvalue weighted by Crippen LogP contribution is 2.24. The van der Waals surface area contributed by atoms with E-state index in [0.29, 0.717) is 11.3 Å². The summed E-state index contributed by atoms with van der Waals surface area (Å²) in [6.07, 6.45) is 4.56. The molecule has 0 aliphatic heterocycles. The first-order valence-corrected chi connectivity index (χ1v) is 8.72. The Kier molecular flexibility index (Phi) is 5.68. The topological polar surface area (TPSA) is 110 Å². The number of nitro groups is 1. The van der Waals surface area contributed by atoms with Crippen LogP contribution in [-0.4, -0.2) is 45.3 Å². The van der Waals surface area contributed by atoms with Gasteiger partial charge in [-0.2, -0.15) is 0 Å². The Morgan fingerprint density at radius 1 is 1.14 bits per heavy atom. The lowest BCUT2D eigenvalue weighted by Crippen LogP contribution is -2.23. The molecule has 1 heterocycles. The lowest BCUT2D eigenvalue weighted by molar-refractivity contribution is -0.384. The predicted octanol–water partition coefficient (Wildman–Crippen LogP) is 2.41. The van der Waals surface area contributed by atoms with Crippen molar-refractivity contribution in [2.45, 2.75) is 6.54 Å². The summed E-state index contributed by atoms with van der Waals surface area (Å²) in [5.41, 5.74) is 1.67. The quantitative estimate of drug-likeness (QED) is 0.511. The van der Waals surface area contributed by atoms with Crippen LogP contribution in [-0.2, 0) is 6.54 Å². The van der Waals surface area contributed by atoms with Crippen LogP contribution in [0.1, 0.15) is 26.3 Å². The minimum absolute atomic E-state index is 0.106. The summed E-state index contributed by atoms with van der Waals surface area (Å²) in [7, 11) is 3.35. The van der Waals surface area contributed by atoms with E-state index in [0.717, 1.165) is 5.56 Å². The average Bonchev–Trinajstić information content (AvgIpc) is 3.26. The summed E-state index contributed by atoms with van der Waals surface area (Å²) >= 11 is 0. The Bertz CT molecular complexity index is 1040. The van der Waals surface area contributed by atoms with Gasteiger partial charge in [0.2, 0.25) is 0 Å². The van der Waals surface area contributed by atoms with Gasteiger partial charge in [-0.05, 0) is 29.8 Å². The van der Waals surface area contributed by atoms with E-state index in [2.05, 4.69) is 10.3 Å². The Morgan fingerprint density at radius 2 is 1.83 bits per heavy atom. The molecule has 1 N–H and O–H groups in total. The van der Waals surface area contributed by atoms with E-state index < -0.39 is 10.8 Å². The first-order chi connectivity index (χ1) is 13.9. The second-order valence-electron chi connectivity index (χ2n) is 6.51. The van der Waals surface area contributed by atoms with Crippen LogP contribution in [0.25, 0.3) is 5.69 Å². The minimum Gasteiger partial charge on any atom is -0.348 e. The molecular formula is C20H19N5O4. The average molecular weight is 393 g/mol. The molecule has 0 fully saturated rings. The number of carbonyl (C=O) groups excluding carboxylic acids is 2. The largest absolute Gasteiger partial charge is 0.348 e. The molecule has 0 spiro atoms. The van der Waals surface area contributed by atoms with Crippen LogP contribution in [0.15, 0.2) is 61.2 Å². The number of imidazole rings is 1. The van der Waals surface area contributed by atoms with Crippen LogP contribution in [0.2, 0.25) is 0 Å². The van der Waals surface area contributed by atoms with Crippen molar-refractivity contribution < 1.29 is 14.5 Å². The van der Waals surface area contributed by atoms with Crippen molar-refractivity contribution in [1.29, 1.82) is 0 Å². The summed E-state index contributed by atoms with van der Waals surface area (Å²) in [4.78, 5) is 40.6. The third-order valence-electron chi connectivity index (χ3n) is 4.28. The Balaban J connectivity index is 1.72. The van der Waals surface area contributed by atoms with E-state index in [9.17, 15) is 19.7 Å². The van der Waals surface area contributed by atoms with Gasteiger partial charge in [0, 0.05) is 50.2 Å². The molecule has 9 nitrogen and oxygen atoms in total. The molecule has 2 aromatic carbocycles. The molecule has 2 amide bonds. The lowest BCUT2D eigenvalue weighted by Gasteiger charge is -2.11. The fraction of sp³-hybridized carbons (Fsp3) is 0.150. The van der Waals surface area contributed by atoms with Gasteiger partial charge in [-0.1, -0.05) is 12.1 Å². The van der Waals surface area contributed by atoms with Crippen LogP contribution in [0.5, 0.6) is 0 Å². The Hall–Kier alpha value is -4.01. The molecule has 1 aromatic heterocycles. The predicted molar refractivity (Wildman–Crippen MR) is 106 cm³/mol. The van der Waals surface area contributed by atoms with Gasteiger partial charge in [0.15, 0.2) is 0 Å².